The summed E-state index contributed by atoms with van der Waals surface area (Å²) >= 11 is 6.24. The van der Waals surface area contributed by atoms with Gasteiger partial charge in [-0.2, -0.15) is 0 Å². The normalized spacial score (nSPS) is 13.7. The highest BCUT2D eigenvalue weighted by Gasteiger charge is 2.23. The van der Waals surface area contributed by atoms with Gasteiger partial charge in [0.05, 0.1) is 5.02 Å². The first-order chi connectivity index (χ1) is 9.19. The fourth-order valence-electron chi connectivity index (χ4n) is 2.35. The molecule has 0 saturated carbocycles. The smallest absolute Gasteiger partial charge is 0.151 e. The minimum atomic E-state index is -0.250. The number of fused-ring (bicyclic) bond motifs is 1. The average Bonchev–Trinajstić information content (AvgIpc) is 2.81. The van der Waals surface area contributed by atoms with Gasteiger partial charge in [-0.05, 0) is 35.7 Å². The summed E-state index contributed by atoms with van der Waals surface area (Å²) in [6, 6.07) is 6.63. The van der Waals surface area contributed by atoms with Crippen LogP contribution in [-0.2, 0) is 13.0 Å². The number of anilines is 2. The Kier molecular flexibility index (Phi) is 3.12. The molecule has 2 aromatic rings. The Balaban J connectivity index is 2.04. The Morgan fingerprint density at radius 2 is 2.21 bits per heavy atom. The first kappa shape index (κ1) is 12.4. The Bertz CT molecular complexity index is 630. The molecule has 1 aromatic heterocycles. The van der Waals surface area contributed by atoms with Crippen molar-refractivity contribution >= 4 is 23.1 Å². The monoisotopic (exact) mass is 277 g/mol. The SMILES string of the molecule is NCc1cnc(N2CCc3ccc(F)cc32)c(Cl)c1. The van der Waals surface area contributed by atoms with Crippen molar-refractivity contribution in [2.75, 3.05) is 11.4 Å². The highest BCUT2D eigenvalue weighted by molar-refractivity contribution is 6.33. The molecule has 0 fully saturated rings. The van der Waals surface area contributed by atoms with Gasteiger partial charge in [0.15, 0.2) is 5.82 Å². The van der Waals surface area contributed by atoms with Gasteiger partial charge >= 0.3 is 0 Å². The average molecular weight is 278 g/mol. The third kappa shape index (κ3) is 2.17. The lowest BCUT2D eigenvalue weighted by atomic mass is 10.2. The largest absolute Gasteiger partial charge is 0.326 e. The highest BCUT2D eigenvalue weighted by atomic mass is 35.5. The molecule has 0 aliphatic carbocycles. The Morgan fingerprint density at radius 1 is 1.37 bits per heavy atom. The minimum Gasteiger partial charge on any atom is -0.326 e. The van der Waals surface area contributed by atoms with Gasteiger partial charge in [-0.3, -0.25) is 0 Å². The van der Waals surface area contributed by atoms with Crippen molar-refractivity contribution in [2.24, 2.45) is 5.73 Å². The van der Waals surface area contributed by atoms with E-state index >= 15 is 0 Å². The summed E-state index contributed by atoms with van der Waals surface area (Å²) in [7, 11) is 0. The van der Waals surface area contributed by atoms with Crippen LogP contribution < -0.4 is 10.6 Å². The quantitative estimate of drug-likeness (QED) is 0.917. The van der Waals surface area contributed by atoms with Crippen LogP contribution in [0.1, 0.15) is 11.1 Å². The lowest BCUT2D eigenvalue weighted by Crippen LogP contribution is -2.15. The van der Waals surface area contributed by atoms with Gasteiger partial charge in [0, 0.05) is 25.0 Å². The van der Waals surface area contributed by atoms with Crippen LogP contribution in [0.25, 0.3) is 0 Å². The first-order valence-electron chi connectivity index (χ1n) is 6.09. The maximum absolute atomic E-state index is 13.4. The molecule has 0 bridgehead atoms. The van der Waals surface area contributed by atoms with Gasteiger partial charge in [-0.15, -0.1) is 0 Å². The fourth-order valence-corrected chi connectivity index (χ4v) is 2.64. The van der Waals surface area contributed by atoms with Gasteiger partial charge in [0.25, 0.3) is 0 Å². The van der Waals surface area contributed by atoms with E-state index in [1.807, 2.05) is 11.0 Å². The number of nitrogens with two attached hydrogens (primary N) is 1. The molecule has 1 aliphatic rings. The van der Waals surface area contributed by atoms with Crippen LogP contribution >= 0.6 is 11.6 Å². The van der Waals surface area contributed by atoms with Crippen molar-refractivity contribution in [3.63, 3.8) is 0 Å². The van der Waals surface area contributed by atoms with Crippen LogP contribution in [-0.4, -0.2) is 11.5 Å². The van der Waals surface area contributed by atoms with E-state index in [4.69, 9.17) is 17.3 Å². The topological polar surface area (TPSA) is 42.1 Å². The Labute approximate surface area is 115 Å². The molecule has 5 heteroatoms. The van der Waals surface area contributed by atoms with Crippen molar-refractivity contribution in [1.29, 1.82) is 0 Å². The summed E-state index contributed by atoms with van der Waals surface area (Å²) in [5.41, 5.74) is 8.39. The molecule has 0 spiro atoms. The molecule has 98 valence electrons. The number of pyridine rings is 1. The Morgan fingerprint density at radius 3 is 2.95 bits per heavy atom. The maximum Gasteiger partial charge on any atom is 0.151 e. The summed E-state index contributed by atoms with van der Waals surface area (Å²) in [4.78, 5) is 6.30. The van der Waals surface area contributed by atoms with Crippen LogP contribution in [0.15, 0.2) is 30.5 Å². The fraction of sp³-hybridized carbons (Fsp3) is 0.214. The second kappa shape index (κ2) is 4.79. The minimum absolute atomic E-state index is 0.250. The molecular formula is C14H13ClFN3. The maximum atomic E-state index is 13.4. The highest BCUT2D eigenvalue weighted by Crippen LogP contribution is 2.37. The van der Waals surface area contributed by atoms with Crippen molar-refractivity contribution in [3.8, 4) is 0 Å². The zero-order valence-electron chi connectivity index (χ0n) is 10.2. The molecule has 0 unspecified atom stereocenters. The molecular weight excluding hydrogens is 265 g/mol. The molecule has 2 heterocycles. The van der Waals surface area contributed by atoms with Crippen molar-refractivity contribution in [1.82, 2.24) is 4.98 Å². The number of hydrogen-bond donors (Lipinski definition) is 1. The predicted octanol–water partition coefficient (Wildman–Crippen LogP) is 3.03. The van der Waals surface area contributed by atoms with Gasteiger partial charge in [-0.1, -0.05) is 17.7 Å². The third-order valence-corrected chi connectivity index (χ3v) is 3.59. The summed E-state index contributed by atoms with van der Waals surface area (Å²) in [5, 5.41) is 0.542. The van der Waals surface area contributed by atoms with Crippen LogP contribution in [0.3, 0.4) is 0 Å². The lowest BCUT2D eigenvalue weighted by molar-refractivity contribution is 0.628. The molecule has 3 rings (SSSR count). The summed E-state index contributed by atoms with van der Waals surface area (Å²) in [6.45, 7) is 1.16. The zero-order valence-corrected chi connectivity index (χ0v) is 11.0. The molecule has 1 aromatic carbocycles. The van der Waals surface area contributed by atoms with Crippen molar-refractivity contribution in [3.05, 3.63) is 52.4 Å². The second-order valence-corrected chi connectivity index (χ2v) is 4.93. The van der Waals surface area contributed by atoms with Crippen molar-refractivity contribution in [2.45, 2.75) is 13.0 Å². The number of hydrogen-bond acceptors (Lipinski definition) is 3. The number of rotatable bonds is 2. The third-order valence-electron chi connectivity index (χ3n) is 3.31. The van der Waals surface area contributed by atoms with Crippen LogP contribution in [0, 0.1) is 5.82 Å². The van der Waals surface area contributed by atoms with E-state index < -0.39 is 0 Å². The lowest BCUT2D eigenvalue weighted by Gasteiger charge is -2.20. The predicted molar refractivity (Wildman–Crippen MR) is 74.2 cm³/mol. The van der Waals surface area contributed by atoms with Crippen LogP contribution in [0.5, 0.6) is 0 Å². The molecule has 0 radical (unpaired) electrons. The van der Waals surface area contributed by atoms with E-state index in [1.165, 1.54) is 12.1 Å². The van der Waals surface area contributed by atoms with Crippen LogP contribution in [0.2, 0.25) is 5.02 Å². The summed E-state index contributed by atoms with van der Waals surface area (Å²) in [5.74, 6) is 0.406. The standard InChI is InChI=1S/C14H13ClFN3/c15-12-5-9(7-17)8-18-14(12)19-4-3-10-1-2-11(16)6-13(10)19/h1-2,5-6,8H,3-4,7,17H2. The van der Waals surface area contributed by atoms with E-state index in [9.17, 15) is 4.39 Å². The van der Waals surface area contributed by atoms with E-state index in [0.29, 0.717) is 17.4 Å². The molecule has 0 amide bonds. The number of benzene rings is 1. The Hall–Kier alpha value is -1.65. The number of nitrogens with zero attached hydrogens (tertiary/aromatic N) is 2. The zero-order chi connectivity index (χ0) is 13.4. The van der Waals surface area contributed by atoms with Crippen molar-refractivity contribution < 1.29 is 4.39 Å². The molecule has 3 nitrogen and oxygen atoms in total. The summed E-state index contributed by atoms with van der Waals surface area (Å²) in [6.07, 6.45) is 2.57. The molecule has 19 heavy (non-hydrogen) atoms. The van der Waals surface area contributed by atoms with E-state index in [-0.39, 0.29) is 5.82 Å². The molecule has 1 aliphatic heterocycles. The number of halogens is 2. The van der Waals surface area contributed by atoms with E-state index in [2.05, 4.69) is 4.98 Å². The number of aromatic nitrogens is 1. The van der Waals surface area contributed by atoms with E-state index in [1.54, 1.807) is 12.3 Å². The molecule has 0 atom stereocenters. The first-order valence-corrected chi connectivity index (χ1v) is 6.47. The summed E-state index contributed by atoms with van der Waals surface area (Å²) < 4.78 is 13.4. The van der Waals surface area contributed by atoms with Gasteiger partial charge in [-0.25, -0.2) is 9.37 Å². The van der Waals surface area contributed by atoms with Crippen LogP contribution in [0.4, 0.5) is 15.9 Å². The molecule has 2 N–H and O–H groups in total. The second-order valence-electron chi connectivity index (χ2n) is 4.53. The van der Waals surface area contributed by atoms with E-state index in [0.717, 1.165) is 29.8 Å². The van der Waals surface area contributed by atoms with Gasteiger partial charge in [0.2, 0.25) is 0 Å². The van der Waals surface area contributed by atoms with Gasteiger partial charge in [0.1, 0.15) is 5.82 Å². The molecule has 0 saturated heterocycles. The van der Waals surface area contributed by atoms with Gasteiger partial charge < -0.3 is 10.6 Å².